The van der Waals surface area contributed by atoms with Crippen molar-refractivity contribution in [1.82, 2.24) is 4.98 Å². The molecule has 1 unspecified atom stereocenters. The second-order valence-electron chi connectivity index (χ2n) is 4.41. The van der Waals surface area contributed by atoms with Gasteiger partial charge < -0.3 is 4.74 Å². The zero-order valence-electron chi connectivity index (χ0n) is 9.89. The fourth-order valence-electron chi connectivity index (χ4n) is 2.73. The molecule has 17 heavy (non-hydrogen) atoms. The van der Waals surface area contributed by atoms with E-state index in [2.05, 4.69) is 35.3 Å². The molecule has 0 bridgehead atoms. The third kappa shape index (κ3) is 1.70. The van der Waals surface area contributed by atoms with Gasteiger partial charge in [-0.3, -0.25) is 4.98 Å². The van der Waals surface area contributed by atoms with Crippen molar-refractivity contribution >= 4 is 0 Å². The Hall–Kier alpha value is -1.83. The van der Waals surface area contributed by atoms with Crippen LogP contribution in [0.3, 0.4) is 0 Å². The van der Waals surface area contributed by atoms with Crippen LogP contribution in [0, 0.1) is 0 Å². The molecule has 1 aromatic heterocycles. The number of hydrogen-bond acceptors (Lipinski definition) is 2. The zero-order chi connectivity index (χ0) is 11.7. The molecule has 0 aliphatic heterocycles. The topological polar surface area (TPSA) is 22.1 Å². The maximum absolute atomic E-state index is 5.41. The van der Waals surface area contributed by atoms with Crippen molar-refractivity contribution in [3.8, 4) is 5.75 Å². The average molecular weight is 225 g/mol. The van der Waals surface area contributed by atoms with Crippen molar-refractivity contribution < 1.29 is 4.74 Å². The Morgan fingerprint density at radius 1 is 1.18 bits per heavy atom. The Balaban J connectivity index is 2.07. The summed E-state index contributed by atoms with van der Waals surface area (Å²) in [6, 6.07) is 10.8. The molecule has 1 aliphatic rings. The summed E-state index contributed by atoms with van der Waals surface area (Å²) in [4.78, 5) is 4.12. The van der Waals surface area contributed by atoms with Gasteiger partial charge >= 0.3 is 0 Å². The maximum Gasteiger partial charge on any atom is 0.140 e. The summed E-state index contributed by atoms with van der Waals surface area (Å²) < 4.78 is 5.41. The number of benzene rings is 1. The zero-order valence-corrected chi connectivity index (χ0v) is 9.89. The minimum Gasteiger partial charge on any atom is -0.495 e. The third-order valence-corrected chi connectivity index (χ3v) is 3.54. The molecule has 3 rings (SSSR count). The standard InChI is InChI=1S/C15H15NO/c1-17-15-10-16-9-8-14(15)13-7-6-11-4-2-3-5-12(11)13/h2-5,8-10,13H,6-7H2,1H3. The van der Waals surface area contributed by atoms with E-state index in [1.54, 1.807) is 13.3 Å². The molecule has 0 fully saturated rings. The molecule has 2 nitrogen and oxygen atoms in total. The van der Waals surface area contributed by atoms with Crippen LogP contribution in [-0.4, -0.2) is 12.1 Å². The Kier molecular flexibility index (Phi) is 2.56. The SMILES string of the molecule is COc1cnccc1C1CCc2ccccc21. The van der Waals surface area contributed by atoms with Gasteiger partial charge in [-0.2, -0.15) is 0 Å². The molecule has 0 saturated carbocycles. The van der Waals surface area contributed by atoms with Gasteiger partial charge in [0, 0.05) is 17.7 Å². The molecule has 1 aliphatic carbocycles. The lowest BCUT2D eigenvalue weighted by atomic mass is 9.93. The lowest BCUT2D eigenvalue weighted by Gasteiger charge is -2.15. The lowest BCUT2D eigenvalue weighted by molar-refractivity contribution is 0.405. The van der Waals surface area contributed by atoms with E-state index in [1.807, 2.05) is 6.20 Å². The van der Waals surface area contributed by atoms with Gasteiger partial charge in [0.05, 0.1) is 13.3 Å². The van der Waals surface area contributed by atoms with Crippen LogP contribution in [0.5, 0.6) is 5.75 Å². The van der Waals surface area contributed by atoms with Gasteiger partial charge in [-0.05, 0) is 30.0 Å². The van der Waals surface area contributed by atoms with E-state index >= 15 is 0 Å². The summed E-state index contributed by atoms with van der Waals surface area (Å²) >= 11 is 0. The number of pyridine rings is 1. The van der Waals surface area contributed by atoms with Crippen molar-refractivity contribution in [1.29, 1.82) is 0 Å². The van der Waals surface area contributed by atoms with Crippen molar-refractivity contribution in [3.05, 3.63) is 59.4 Å². The first-order valence-corrected chi connectivity index (χ1v) is 5.96. The second-order valence-corrected chi connectivity index (χ2v) is 4.41. The monoisotopic (exact) mass is 225 g/mol. The Labute approximate surface area is 101 Å². The molecule has 0 radical (unpaired) electrons. The highest BCUT2D eigenvalue weighted by Gasteiger charge is 2.25. The molecular formula is C15H15NO. The van der Waals surface area contributed by atoms with Crippen molar-refractivity contribution in [2.45, 2.75) is 18.8 Å². The van der Waals surface area contributed by atoms with Crippen LogP contribution in [0.4, 0.5) is 0 Å². The highest BCUT2D eigenvalue weighted by molar-refractivity contribution is 5.46. The van der Waals surface area contributed by atoms with Gasteiger partial charge in [0.1, 0.15) is 5.75 Å². The molecule has 86 valence electrons. The molecule has 1 atom stereocenters. The van der Waals surface area contributed by atoms with Gasteiger partial charge in [0.25, 0.3) is 0 Å². The quantitative estimate of drug-likeness (QED) is 0.783. The van der Waals surface area contributed by atoms with Gasteiger partial charge in [0.15, 0.2) is 0 Å². The van der Waals surface area contributed by atoms with Crippen molar-refractivity contribution in [2.75, 3.05) is 7.11 Å². The average Bonchev–Trinajstić information content (AvgIpc) is 2.82. The molecule has 2 heteroatoms. The van der Waals surface area contributed by atoms with Gasteiger partial charge in [-0.25, -0.2) is 0 Å². The molecule has 0 N–H and O–H groups in total. The van der Waals surface area contributed by atoms with Crippen LogP contribution in [0.25, 0.3) is 0 Å². The highest BCUT2D eigenvalue weighted by Crippen LogP contribution is 2.40. The molecule has 0 saturated heterocycles. The number of methoxy groups -OCH3 is 1. The summed E-state index contributed by atoms with van der Waals surface area (Å²) in [7, 11) is 1.71. The molecule has 1 heterocycles. The summed E-state index contributed by atoms with van der Waals surface area (Å²) in [5, 5.41) is 0. The summed E-state index contributed by atoms with van der Waals surface area (Å²) in [6.07, 6.45) is 5.97. The first-order valence-electron chi connectivity index (χ1n) is 5.96. The second kappa shape index (κ2) is 4.21. The first-order chi connectivity index (χ1) is 8.40. The largest absolute Gasteiger partial charge is 0.495 e. The normalized spacial score (nSPS) is 17.8. The van der Waals surface area contributed by atoms with E-state index in [4.69, 9.17) is 4.74 Å². The van der Waals surface area contributed by atoms with Gasteiger partial charge in [-0.15, -0.1) is 0 Å². The highest BCUT2D eigenvalue weighted by atomic mass is 16.5. The Morgan fingerprint density at radius 2 is 2.06 bits per heavy atom. The maximum atomic E-state index is 5.41. The minimum atomic E-state index is 0.462. The molecule has 0 spiro atoms. The van der Waals surface area contributed by atoms with E-state index < -0.39 is 0 Å². The third-order valence-electron chi connectivity index (χ3n) is 3.54. The van der Waals surface area contributed by atoms with Gasteiger partial charge in [-0.1, -0.05) is 24.3 Å². The lowest BCUT2D eigenvalue weighted by Crippen LogP contribution is -2.00. The van der Waals surface area contributed by atoms with Crippen LogP contribution in [-0.2, 0) is 6.42 Å². The number of aryl methyl sites for hydroxylation is 1. The van der Waals surface area contributed by atoms with E-state index in [1.165, 1.54) is 23.1 Å². The van der Waals surface area contributed by atoms with Crippen molar-refractivity contribution in [3.63, 3.8) is 0 Å². The number of hydrogen-bond donors (Lipinski definition) is 0. The van der Waals surface area contributed by atoms with Crippen LogP contribution in [0.1, 0.15) is 29.0 Å². The fraction of sp³-hybridized carbons (Fsp3) is 0.267. The summed E-state index contributed by atoms with van der Waals surface area (Å²) in [6.45, 7) is 0. The molecule has 1 aromatic carbocycles. The van der Waals surface area contributed by atoms with Crippen LogP contribution < -0.4 is 4.74 Å². The van der Waals surface area contributed by atoms with E-state index in [0.29, 0.717) is 5.92 Å². The number of aromatic nitrogens is 1. The van der Waals surface area contributed by atoms with Crippen molar-refractivity contribution in [2.24, 2.45) is 0 Å². The van der Waals surface area contributed by atoms with Crippen LogP contribution in [0.2, 0.25) is 0 Å². The number of ether oxygens (including phenoxy) is 1. The minimum absolute atomic E-state index is 0.462. The Morgan fingerprint density at radius 3 is 2.94 bits per heavy atom. The summed E-state index contributed by atoms with van der Waals surface area (Å²) in [5.74, 6) is 1.36. The van der Waals surface area contributed by atoms with Crippen LogP contribution in [0.15, 0.2) is 42.7 Å². The van der Waals surface area contributed by atoms with E-state index in [-0.39, 0.29) is 0 Å². The van der Waals surface area contributed by atoms with Gasteiger partial charge in [0.2, 0.25) is 0 Å². The van der Waals surface area contributed by atoms with E-state index in [0.717, 1.165) is 12.2 Å². The summed E-state index contributed by atoms with van der Waals surface area (Å²) in [5.41, 5.74) is 4.17. The van der Waals surface area contributed by atoms with E-state index in [9.17, 15) is 0 Å². The predicted molar refractivity (Wildman–Crippen MR) is 67.4 cm³/mol. The number of rotatable bonds is 2. The molecule has 2 aromatic rings. The number of fused-ring (bicyclic) bond motifs is 1. The fourth-order valence-corrected chi connectivity index (χ4v) is 2.73. The molecule has 0 amide bonds. The number of nitrogens with zero attached hydrogens (tertiary/aromatic N) is 1. The predicted octanol–water partition coefficient (Wildman–Crippen LogP) is 3.17. The molecular weight excluding hydrogens is 210 g/mol. The Bertz CT molecular complexity index is 536. The first kappa shape index (κ1) is 10.3. The smallest absolute Gasteiger partial charge is 0.140 e. The van der Waals surface area contributed by atoms with Crippen LogP contribution >= 0.6 is 0 Å².